The molecule has 0 aromatic carbocycles. The van der Waals surface area contributed by atoms with Gasteiger partial charge in [-0.1, -0.05) is 0 Å². The zero-order valence-electron chi connectivity index (χ0n) is 11.7. The first-order valence-electron chi connectivity index (χ1n) is 6.90. The highest BCUT2D eigenvalue weighted by Gasteiger charge is 2.37. The third kappa shape index (κ3) is 2.00. The maximum Gasteiger partial charge on any atom is 0.341 e. The summed E-state index contributed by atoms with van der Waals surface area (Å²) in [7, 11) is 1.28. The Labute approximate surface area is 120 Å². The number of hydrogen-bond acceptors (Lipinski definition) is 4. The molecule has 1 fully saturated rings. The first-order valence-corrected chi connectivity index (χ1v) is 6.90. The number of amides is 1. The van der Waals surface area contributed by atoms with Crippen LogP contribution < -0.4 is 10.2 Å². The van der Waals surface area contributed by atoms with Crippen LogP contribution in [0.2, 0.25) is 0 Å². The van der Waals surface area contributed by atoms with Gasteiger partial charge in [-0.2, -0.15) is 0 Å². The smallest absolute Gasteiger partial charge is 0.341 e. The van der Waals surface area contributed by atoms with Gasteiger partial charge in [0.25, 0.3) is 5.91 Å². The van der Waals surface area contributed by atoms with Crippen LogP contribution in [0.25, 0.3) is 0 Å². The molecule has 0 saturated carbocycles. The number of fused-ring (bicyclic) bond motifs is 2. The van der Waals surface area contributed by atoms with Crippen LogP contribution in [0, 0.1) is 0 Å². The maximum absolute atomic E-state index is 12.6. The lowest BCUT2D eigenvalue weighted by Crippen LogP contribution is -2.51. The van der Waals surface area contributed by atoms with Gasteiger partial charge in [0, 0.05) is 25.3 Å². The molecule has 1 unspecified atom stereocenters. The highest BCUT2D eigenvalue weighted by atomic mass is 16.5. The van der Waals surface area contributed by atoms with Gasteiger partial charge < -0.3 is 19.3 Å². The number of ether oxygens (including phenoxy) is 1. The molecule has 1 aromatic heterocycles. The number of carbonyl (C=O) groups excluding carboxylic acids is 1. The summed E-state index contributed by atoms with van der Waals surface area (Å²) in [6.07, 6.45) is 4.14. The number of aromatic nitrogens is 1. The Bertz CT molecular complexity index is 679. The van der Waals surface area contributed by atoms with Crippen LogP contribution in [0.5, 0.6) is 5.75 Å². The number of nitrogens with zero attached hydrogens (tertiary/aromatic N) is 2. The minimum Gasteiger partial charge on any atom is -0.491 e. The number of hydrogen-bond donors (Lipinski definition) is 1. The number of rotatable bonds is 2. The molecule has 2 aliphatic rings. The number of carbonyl (C=O) groups is 2. The molecule has 0 bridgehead atoms. The second kappa shape index (κ2) is 4.91. The standard InChI is InChI=1S/C14H16N2O5/c1-21-12-10-13(18)16-5-3-2-4-8(16)6-15(10)7-9(11(12)17)14(19)20/h7-8H,2-6H2,1H3,(H,19,20). The monoisotopic (exact) mass is 292 g/mol. The average molecular weight is 292 g/mol. The molecule has 1 atom stereocenters. The van der Waals surface area contributed by atoms with E-state index >= 15 is 0 Å². The summed E-state index contributed by atoms with van der Waals surface area (Å²) in [6.45, 7) is 1.17. The van der Waals surface area contributed by atoms with E-state index in [-0.39, 0.29) is 29.0 Å². The summed E-state index contributed by atoms with van der Waals surface area (Å²) in [6, 6.07) is 0.0626. The largest absolute Gasteiger partial charge is 0.491 e. The summed E-state index contributed by atoms with van der Waals surface area (Å²) in [5.74, 6) is -1.74. The van der Waals surface area contributed by atoms with Crippen LogP contribution in [-0.2, 0) is 6.54 Å². The number of carboxylic acids is 1. The van der Waals surface area contributed by atoms with Crippen LogP contribution in [0.4, 0.5) is 0 Å². The summed E-state index contributed by atoms with van der Waals surface area (Å²) in [4.78, 5) is 37.7. The van der Waals surface area contributed by atoms with E-state index in [4.69, 9.17) is 9.84 Å². The highest BCUT2D eigenvalue weighted by molar-refractivity contribution is 5.97. The van der Waals surface area contributed by atoms with Crippen molar-refractivity contribution in [1.29, 1.82) is 0 Å². The predicted molar refractivity (Wildman–Crippen MR) is 72.9 cm³/mol. The fourth-order valence-electron chi connectivity index (χ4n) is 3.17. The molecule has 1 amide bonds. The minimum atomic E-state index is -1.31. The predicted octanol–water partition coefficient (Wildman–Crippen LogP) is 0.563. The van der Waals surface area contributed by atoms with Crippen LogP contribution >= 0.6 is 0 Å². The van der Waals surface area contributed by atoms with Gasteiger partial charge in [0.15, 0.2) is 11.4 Å². The Balaban J connectivity index is 2.20. The number of piperidine rings is 1. The number of methoxy groups -OCH3 is 1. The minimum absolute atomic E-state index is 0.0626. The quantitative estimate of drug-likeness (QED) is 0.860. The van der Waals surface area contributed by atoms with Gasteiger partial charge in [0.05, 0.1) is 7.11 Å². The molecule has 7 heteroatoms. The van der Waals surface area contributed by atoms with Crippen LogP contribution in [0.1, 0.15) is 40.1 Å². The Hall–Kier alpha value is -2.31. The van der Waals surface area contributed by atoms with Crippen LogP contribution in [0.3, 0.4) is 0 Å². The Morgan fingerprint density at radius 1 is 1.38 bits per heavy atom. The molecule has 7 nitrogen and oxygen atoms in total. The molecule has 21 heavy (non-hydrogen) atoms. The van der Waals surface area contributed by atoms with Crippen LogP contribution in [-0.4, -0.2) is 46.1 Å². The van der Waals surface area contributed by atoms with Crippen molar-refractivity contribution < 1.29 is 19.4 Å². The van der Waals surface area contributed by atoms with Crippen molar-refractivity contribution in [3.05, 3.63) is 27.7 Å². The first-order chi connectivity index (χ1) is 10.0. The van der Waals surface area contributed by atoms with Crippen LogP contribution in [0.15, 0.2) is 11.0 Å². The second-order valence-corrected chi connectivity index (χ2v) is 5.36. The number of aromatic carboxylic acids is 1. The summed E-state index contributed by atoms with van der Waals surface area (Å²) in [5.41, 5.74) is -0.960. The Morgan fingerprint density at radius 3 is 2.81 bits per heavy atom. The molecular weight excluding hydrogens is 276 g/mol. The fraction of sp³-hybridized carbons (Fsp3) is 0.500. The van der Waals surface area contributed by atoms with Crippen molar-refractivity contribution in [3.63, 3.8) is 0 Å². The van der Waals surface area contributed by atoms with Crippen molar-refractivity contribution in [2.24, 2.45) is 0 Å². The van der Waals surface area contributed by atoms with Crippen molar-refractivity contribution in [1.82, 2.24) is 9.47 Å². The molecule has 0 spiro atoms. The van der Waals surface area contributed by atoms with E-state index in [9.17, 15) is 14.4 Å². The molecule has 2 aliphatic heterocycles. The van der Waals surface area contributed by atoms with E-state index in [1.165, 1.54) is 13.3 Å². The van der Waals surface area contributed by atoms with Gasteiger partial charge in [-0.25, -0.2) is 4.79 Å². The first kappa shape index (κ1) is 13.7. The van der Waals surface area contributed by atoms with Crippen molar-refractivity contribution in [2.75, 3.05) is 13.7 Å². The zero-order valence-corrected chi connectivity index (χ0v) is 11.7. The van der Waals surface area contributed by atoms with E-state index in [2.05, 4.69) is 0 Å². The third-order valence-corrected chi connectivity index (χ3v) is 4.17. The molecule has 0 aliphatic carbocycles. The normalized spacial score (nSPS) is 20.7. The van der Waals surface area contributed by atoms with Gasteiger partial charge in [-0.05, 0) is 19.3 Å². The SMILES string of the molecule is COc1c2n(cc(C(=O)O)c1=O)CC1CCCCN1C2=O. The molecule has 1 saturated heterocycles. The van der Waals surface area contributed by atoms with Gasteiger partial charge in [-0.3, -0.25) is 9.59 Å². The summed E-state index contributed by atoms with van der Waals surface area (Å²) >= 11 is 0. The molecule has 112 valence electrons. The van der Waals surface area contributed by atoms with E-state index in [0.717, 1.165) is 19.3 Å². The lowest BCUT2D eigenvalue weighted by Gasteiger charge is -2.41. The number of carboxylic acid groups (broad SMARTS) is 1. The number of pyridine rings is 1. The van der Waals surface area contributed by atoms with E-state index in [1.807, 2.05) is 0 Å². The second-order valence-electron chi connectivity index (χ2n) is 5.36. The van der Waals surface area contributed by atoms with Crippen molar-refractivity contribution in [3.8, 4) is 5.75 Å². The Morgan fingerprint density at radius 2 is 2.14 bits per heavy atom. The molecule has 1 aromatic rings. The van der Waals surface area contributed by atoms with Gasteiger partial charge in [0.1, 0.15) is 5.56 Å². The van der Waals surface area contributed by atoms with Crippen molar-refractivity contribution in [2.45, 2.75) is 31.8 Å². The Kier molecular flexibility index (Phi) is 3.19. The van der Waals surface area contributed by atoms with Gasteiger partial charge in [-0.15, -0.1) is 0 Å². The van der Waals surface area contributed by atoms with Gasteiger partial charge >= 0.3 is 5.97 Å². The topological polar surface area (TPSA) is 88.8 Å². The molecule has 0 radical (unpaired) electrons. The molecule has 1 N–H and O–H groups in total. The molecular formula is C14H16N2O5. The van der Waals surface area contributed by atoms with Crippen molar-refractivity contribution >= 4 is 11.9 Å². The lowest BCUT2D eigenvalue weighted by molar-refractivity contribution is 0.0501. The third-order valence-electron chi connectivity index (χ3n) is 4.17. The van der Waals surface area contributed by atoms with Gasteiger partial charge in [0.2, 0.25) is 5.43 Å². The summed E-state index contributed by atoms with van der Waals surface area (Å²) < 4.78 is 6.59. The average Bonchev–Trinajstić information content (AvgIpc) is 2.47. The molecule has 3 rings (SSSR count). The summed E-state index contributed by atoms with van der Waals surface area (Å²) in [5, 5.41) is 9.12. The van der Waals surface area contributed by atoms with E-state index < -0.39 is 11.4 Å². The fourth-order valence-corrected chi connectivity index (χ4v) is 3.17. The van der Waals surface area contributed by atoms with E-state index in [1.54, 1.807) is 9.47 Å². The lowest BCUT2D eigenvalue weighted by atomic mass is 9.98. The van der Waals surface area contributed by atoms with E-state index in [0.29, 0.717) is 13.1 Å². The maximum atomic E-state index is 12.6. The zero-order chi connectivity index (χ0) is 15.1. The molecule has 3 heterocycles. The highest BCUT2D eigenvalue weighted by Crippen LogP contribution is 2.29.